The van der Waals surface area contributed by atoms with E-state index < -0.39 is 0 Å². The molecule has 0 saturated heterocycles. The van der Waals surface area contributed by atoms with Crippen molar-refractivity contribution in [3.8, 4) is 0 Å². The molecule has 0 unspecified atom stereocenters. The topological polar surface area (TPSA) is 0 Å². The summed E-state index contributed by atoms with van der Waals surface area (Å²) in [5.41, 5.74) is 2.89. The monoisotopic (exact) mass is 380 g/mol. The molecule has 86 valence electrons. The van der Waals surface area contributed by atoms with E-state index in [1.54, 1.807) is 0 Å². The molecule has 0 aliphatic heterocycles. The van der Waals surface area contributed by atoms with E-state index in [2.05, 4.69) is 44.2 Å². The summed E-state index contributed by atoms with van der Waals surface area (Å²) in [6.45, 7) is 4.38. The van der Waals surface area contributed by atoms with Crippen LogP contribution in [0, 0.1) is 13.0 Å². The second-order valence-corrected chi connectivity index (χ2v) is 3.90. The molecule has 0 bridgehead atoms. The van der Waals surface area contributed by atoms with Gasteiger partial charge in [0.1, 0.15) is 0 Å². The van der Waals surface area contributed by atoms with Crippen LogP contribution < -0.4 is 0 Å². The molecule has 0 fully saturated rings. The zero-order chi connectivity index (χ0) is 10.9. The van der Waals surface area contributed by atoms with Crippen molar-refractivity contribution in [3.05, 3.63) is 53.6 Å². The zero-order valence-electron chi connectivity index (χ0n) is 10.3. The number of hydrogen-bond acceptors (Lipinski definition) is 0. The smallest absolute Gasteiger partial charge is 0 e. The van der Waals surface area contributed by atoms with E-state index in [9.17, 15) is 0 Å². The number of unbranched alkanes of at least 4 members (excludes halogenated alkanes) is 1. The molecule has 1 heteroatoms. The maximum absolute atomic E-state index is 2.99. The van der Waals surface area contributed by atoms with Gasteiger partial charge in [-0.1, -0.05) is 33.1 Å². The molecule has 0 aromatic heterocycles. The second-order valence-electron chi connectivity index (χ2n) is 3.90. The van der Waals surface area contributed by atoms with E-state index in [1.807, 2.05) is 12.2 Å². The quantitative estimate of drug-likeness (QED) is 0.541. The van der Waals surface area contributed by atoms with Gasteiger partial charge in [-0.25, -0.2) is 18.2 Å². The average molecular weight is 379 g/mol. The van der Waals surface area contributed by atoms with Gasteiger partial charge in [0.05, 0.1) is 0 Å². The van der Waals surface area contributed by atoms with Crippen LogP contribution in [-0.2, 0) is 32.3 Å². The predicted molar refractivity (Wildman–Crippen MR) is 67.0 cm³/mol. The Morgan fingerprint density at radius 1 is 1.44 bits per heavy atom. The molecule has 1 aliphatic carbocycles. The molecule has 0 nitrogen and oxygen atoms in total. The fourth-order valence-electron chi connectivity index (χ4n) is 1.50. The Hall–Kier alpha value is -0.300. The maximum atomic E-state index is 2.99. The van der Waals surface area contributed by atoms with Gasteiger partial charge < -0.3 is 0 Å². The molecule has 16 heavy (non-hydrogen) atoms. The van der Waals surface area contributed by atoms with Crippen LogP contribution in [0.25, 0.3) is 0 Å². The minimum atomic E-state index is 0. The third-order valence-electron chi connectivity index (χ3n) is 2.38. The van der Waals surface area contributed by atoms with E-state index in [4.69, 9.17) is 0 Å². The van der Waals surface area contributed by atoms with Gasteiger partial charge in [0.2, 0.25) is 0 Å². The summed E-state index contributed by atoms with van der Waals surface area (Å²) >= 11 is 0. The normalized spacial score (nSPS) is 11.9. The first kappa shape index (κ1) is 15.7. The minimum Gasteiger partial charge on any atom is -0.273 e. The van der Waals surface area contributed by atoms with Crippen molar-refractivity contribution < 1.29 is 25.8 Å². The van der Waals surface area contributed by atoms with Gasteiger partial charge in [-0.3, -0.25) is 6.08 Å². The molecule has 0 N–H and O–H groups in total. The largest absolute Gasteiger partial charge is 0.273 e. The summed E-state index contributed by atoms with van der Waals surface area (Å²) in [6, 6.07) is 6.69. The van der Waals surface area contributed by atoms with E-state index in [-0.39, 0.29) is 25.8 Å². The Labute approximate surface area is 119 Å². The molecule has 0 amide bonds. The van der Waals surface area contributed by atoms with Crippen molar-refractivity contribution in [2.45, 2.75) is 39.5 Å². The number of allylic oxidation sites excluding steroid dienone is 4. The zero-order valence-corrected chi connectivity index (χ0v) is 13.9. The summed E-state index contributed by atoms with van der Waals surface area (Å²) in [6.07, 6.45) is 13.9. The Kier molecular flexibility index (Phi) is 9.71. The van der Waals surface area contributed by atoms with Crippen molar-refractivity contribution in [2.75, 3.05) is 0 Å². The van der Waals surface area contributed by atoms with Crippen LogP contribution in [0.3, 0.4) is 0 Å². The van der Waals surface area contributed by atoms with Crippen LogP contribution in [0.4, 0.5) is 0 Å². The minimum absolute atomic E-state index is 0. The fourth-order valence-corrected chi connectivity index (χ4v) is 1.50. The second kappa shape index (κ2) is 9.89. The molecular formula is C15H20Hf-2. The van der Waals surface area contributed by atoms with Crippen molar-refractivity contribution in [1.82, 2.24) is 0 Å². The van der Waals surface area contributed by atoms with Gasteiger partial charge in [-0.2, -0.15) is 29.3 Å². The third-order valence-corrected chi connectivity index (χ3v) is 2.38. The Balaban J connectivity index is 0.000000318. The average Bonchev–Trinajstić information content (AvgIpc) is 2.88. The van der Waals surface area contributed by atoms with Crippen molar-refractivity contribution in [1.29, 1.82) is 0 Å². The van der Waals surface area contributed by atoms with E-state index in [0.717, 1.165) is 6.42 Å². The van der Waals surface area contributed by atoms with Gasteiger partial charge in [0.15, 0.2) is 0 Å². The fraction of sp³-hybridized carbons (Fsp3) is 0.400. The molecule has 1 aliphatic rings. The molecule has 0 saturated carbocycles. The van der Waals surface area contributed by atoms with E-state index in [0.29, 0.717) is 0 Å². The SMILES string of the molecule is CCCCc1cc[c-](C)c1.[C-]1=CC=CC1.[Hf]. The van der Waals surface area contributed by atoms with Crippen molar-refractivity contribution in [3.63, 3.8) is 0 Å². The number of rotatable bonds is 3. The molecule has 0 atom stereocenters. The molecule has 2 rings (SSSR count). The molecule has 1 aromatic rings. The summed E-state index contributed by atoms with van der Waals surface area (Å²) < 4.78 is 0. The first-order valence-electron chi connectivity index (χ1n) is 5.77. The number of hydrogen-bond donors (Lipinski definition) is 0. The van der Waals surface area contributed by atoms with Crippen molar-refractivity contribution in [2.24, 2.45) is 0 Å². The first-order valence-corrected chi connectivity index (χ1v) is 5.77. The summed E-state index contributed by atoms with van der Waals surface area (Å²) in [5, 5.41) is 0. The van der Waals surface area contributed by atoms with Crippen LogP contribution in [0.5, 0.6) is 0 Å². The van der Waals surface area contributed by atoms with E-state index in [1.165, 1.54) is 30.4 Å². The number of aryl methyl sites for hydroxylation is 2. The van der Waals surface area contributed by atoms with Crippen LogP contribution in [0.15, 0.2) is 36.4 Å². The van der Waals surface area contributed by atoms with Gasteiger partial charge in [-0.15, -0.1) is 6.42 Å². The first-order chi connectivity index (χ1) is 7.33. The van der Waals surface area contributed by atoms with Gasteiger partial charge in [-0.05, 0) is 0 Å². The maximum Gasteiger partial charge on any atom is 0 e. The van der Waals surface area contributed by atoms with Crippen LogP contribution >= 0.6 is 0 Å². The predicted octanol–water partition coefficient (Wildman–Crippen LogP) is 4.36. The standard InChI is InChI=1S/C10H15.C5H5.Hf/c1-3-4-5-10-7-6-9(2)8-10;1-2-4-5-3-1;/h6-8H,3-5H2,1-2H3;1-3H,4H2;/q2*-1;. The Morgan fingerprint density at radius 3 is 2.62 bits per heavy atom. The Morgan fingerprint density at radius 2 is 2.25 bits per heavy atom. The Bertz CT molecular complexity index is 308. The van der Waals surface area contributed by atoms with Gasteiger partial charge in [0, 0.05) is 25.8 Å². The van der Waals surface area contributed by atoms with Crippen molar-refractivity contribution >= 4 is 0 Å². The molecule has 0 spiro atoms. The summed E-state index contributed by atoms with van der Waals surface area (Å²) in [5.74, 6) is 0. The summed E-state index contributed by atoms with van der Waals surface area (Å²) in [7, 11) is 0. The van der Waals surface area contributed by atoms with Crippen LogP contribution in [-0.4, -0.2) is 0 Å². The summed E-state index contributed by atoms with van der Waals surface area (Å²) in [4.78, 5) is 0. The van der Waals surface area contributed by atoms with E-state index >= 15 is 0 Å². The molecular weight excluding hydrogens is 359 g/mol. The van der Waals surface area contributed by atoms with Crippen LogP contribution in [0.2, 0.25) is 0 Å². The molecule has 0 radical (unpaired) electrons. The van der Waals surface area contributed by atoms with Gasteiger partial charge in [0.25, 0.3) is 0 Å². The third kappa shape index (κ3) is 7.05. The molecule has 1 aromatic carbocycles. The van der Waals surface area contributed by atoms with Gasteiger partial charge >= 0.3 is 0 Å². The molecule has 0 heterocycles. The van der Waals surface area contributed by atoms with Crippen LogP contribution in [0.1, 0.15) is 37.3 Å².